The van der Waals surface area contributed by atoms with Crippen LogP contribution in [0.4, 0.5) is 17.1 Å². The highest BCUT2D eigenvalue weighted by Crippen LogP contribution is 2.45. The average molecular weight is 480 g/mol. The third-order valence-electron chi connectivity index (χ3n) is 4.68. The lowest BCUT2D eigenvalue weighted by Gasteiger charge is -2.13. The monoisotopic (exact) mass is 479 g/mol. The van der Waals surface area contributed by atoms with Crippen LogP contribution in [0.1, 0.15) is 5.56 Å². The number of phenols is 1. The van der Waals surface area contributed by atoms with Crippen LogP contribution < -0.4 is 10.1 Å². The summed E-state index contributed by atoms with van der Waals surface area (Å²) in [5, 5.41) is 22.2. The summed E-state index contributed by atoms with van der Waals surface area (Å²) in [6, 6.07) is 8.46. The molecular weight excluding hydrogens is 458 g/mol. The van der Waals surface area contributed by atoms with E-state index < -0.39 is 36.3 Å². The first-order chi connectivity index (χ1) is 14.9. The molecule has 0 aliphatic carbocycles. The molecule has 3 aromatic rings. The molecule has 0 aliphatic rings. The molecule has 0 atom stereocenters. The number of aryl methyl sites for hydroxylation is 1. The van der Waals surface area contributed by atoms with Crippen LogP contribution in [0.2, 0.25) is 0 Å². The Morgan fingerprint density at radius 1 is 1.03 bits per heavy atom. The number of phenolic OH excluding ortho intramolecular Hbond substituents is 1. The highest BCUT2D eigenvalue weighted by molar-refractivity contribution is 7.90. The number of nitrogens with zero attached hydrogens (tertiary/aromatic N) is 2. The van der Waals surface area contributed by atoms with Crippen molar-refractivity contribution in [2.45, 2.75) is 16.7 Å². The molecule has 0 heterocycles. The van der Waals surface area contributed by atoms with Gasteiger partial charge in [-0.25, -0.2) is 8.42 Å². The Labute approximate surface area is 185 Å². The van der Waals surface area contributed by atoms with Crippen molar-refractivity contribution in [3.63, 3.8) is 0 Å². The number of hydrogen-bond acceptors (Lipinski definition) is 9. The van der Waals surface area contributed by atoms with Gasteiger partial charge < -0.3 is 15.2 Å². The number of fused-ring (bicyclic) bond motifs is 1. The molecule has 0 saturated carbocycles. The molecule has 3 N–H and O–H groups in total. The van der Waals surface area contributed by atoms with E-state index in [1.165, 1.54) is 31.4 Å². The SMILES string of the molecule is CNc1cc(C)cc2cc(S(=O)(=O)O)c(N=Nc3cc(S(C)(=O)=O)ccc3OC)c(O)c12. The first-order valence-corrected chi connectivity index (χ1v) is 12.5. The first kappa shape index (κ1) is 23.4. The van der Waals surface area contributed by atoms with Crippen LogP contribution >= 0.6 is 0 Å². The van der Waals surface area contributed by atoms with Crippen LogP contribution in [0.25, 0.3) is 10.8 Å². The van der Waals surface area contributed by atoms with Crippen molar-refractivity contribution >= 4 is 47.8 Å². The first-order valence-electron chi connectivity index (χ1n) is 9.12. The maximum absolute atomic E-state index is 12.0. The Bertz CT molecular complexity index is 1460. The fourth-order valence-corrected chi connectivity index (χ4v) is 4.51. The summed E-state index contributed by atoms with van der Waals surface area (Å²) in [6.07, 6.45) is 1.02. The maximum Gasteiger partial charge on any atom is 0.296 e. The van der Waals surface area contributed by atoms with Crippen LogP contribution in [0.15, 0.2) is 56.4 Å². The highest BCUT2D eigenvalue weighted by Gasteiger charge is 2.24. The van der Waals surface area contributed by atoms with Crippen molar-refractivity contribution in [3.8, 4) is 11.5 Å². The summed E-state index contributed by atoms with van der Waals surface area (Å²) < 4.78 is 62.7. The van der Waals surface area contributed by atoms with Crippen molar-refractivity contribution in [1.82, 2.24) is 0 Å². The molecule has 10 nitrogen and oxygen atoms in total. The Morgan fingerprint density at radius 3 is 2.28 bits per heavy atom. The van der Waals surface area contributed by atoms with Crippen molar-refractivity contribution in [2.75, 3.05) is 25.7 Å². The number of nitrogens with one attached hydrogen (secondary N) is 1. The Kier molecular flexibility index (Phi) is 6.13. The van der Waals surface area contributed by atoms with Gasteiger partial charge in [0.1, 0.15) is 22.0 Å². The minimum atomic E-state index is -4.79. The van der Waals surface area contributed by atoms with E-state index in [0.717, 1.165) is 11.8 Å². The summed E-state index contributed by atoms with van der Waals surface area (Å²) in [7, 11) is -5.39. The topological polar surface area (TPSA) is 155 Å². The largest absolute Gasteiger partial charge is 0.505 e. The summed E-state index contributed by atoms with van der Waals surface area (Å²) in [5.74, 6) is -0.358. The maximum atomic E-state index is 12.0. The van der Waals surface area contributed by atoms with E-state index in [-0.39, 0.29) is 21.7 Å². The predicted octanol–water partition coefficient (Wildman–Crippen LogP) is 3.97. The standard InChI is InChI=1S/C20H21N3O7S2/c1-11-7-12-9-17(32(27,28)29)19(20(24)18(12)15(8-11)21-2)23-22-14-10-13(31(4,25)26)5-6-16(14)30-3/h5-10,21,24H,1-4H3,(H,27,28,29). The minimum Gasteiger partial charge on any atom is -0.505 e. The van der Waals surface area contributed by atoms with E-state index in [2.05, 4.69) is 15.5 Å². The summed E-state index contributed by atoms with van der Waals surface area (Å²) in [4.78, 5) is -0.713. The van der Waals surface area contributed by atoms with Gasteiger partial charge in [-0.3, -0.25) is 4.55 Å². The molecule has 0 saturated heterocycles. The van der Waals surface area contributed by atoms with Crippen LogP contribution in [-0.2, 0) is 20.0 Å². The molecule has 0 spiro atoms. The zero-order chi connectivity index (χ0) is 23.8. The second-order valence-electron chi connectivity index (χ2n) is 7.01. The molecule has 0 unspecified atom stereocenters. The third kappa shape index (κ3) is 4.52. The van der Waals surface area contributed by atoms with Gasteiger partial charge in [0, 0.05) is 24.4 Å². The van der Waals surface area contributed by atoms with Crippen LogP contribution in [-0.4, -0.2) is 46.9 Å². The fraction of sp³-hybridized carbons (Fsp3) is 0.200. The molecular formula is C20H21N3O7S2. The van der Waals surface area contributed by atoms with Gasteiger partial charge in [-0.15, -0.1) is 10.2 Å². The lowest BCUT2D eigenvalue weighted by molar-refractivity contribution is 0.415. The van der Waals surface area contributed by atoms with Crippen molar-refractivity contribution in [2.24, 2.45) is 10.2 Å². The summed E-state index contributed by atoms with van der Waals surface area (Å²) in [5.41, 5.74) is 0.771. The number of benzene rings is 3. The lowest BCUT2D eigenvalue weighted by Crippen LogP contribution is -2.00. The Hall–Kier alpha value is -3.22. The molecule has 12 heteroatoms. The minimum absolute atomic E-state index is 0.0195. The highest BCUT2D eigenvalue weighted by atomic mass is 32.2. The molecule has 0 radical (unpaired) electrons. The van der Waals surface area contributed by atoms with E-state index in [1.54, 1.807) is 26.1 Å². The molecule has 3 aromatic carbocycles. The van der Waals surface area contributed by atoms with Crippen molar-refractivity contribution < 1.29 is 31.2 Å². The number of ether oxygens (including phenoxy) is 1. The number of anilines is 1. The lowest BCUT2D eigenvalue weighted by atomic mass is 10.0. The van der Waals surface area contributed by atoms with Gasteiger partial charge in [0.15, 0.2) is 15.6 Å². The number of rotatable bonds is 6. The number of sulfone groups is 1. The Balaban J connectivity index is 2.33. The smallest absolute Gasteiger partial charge is 0.296 e. The molecule has 0 aliphatic heterocycles. The van der Waals surface area contributed by atoms with Gasteiger partial charge >= 0.3 is 0 Å². The van der Waals surface area contributed by atoms with Crippen LogP contribution in [0.5, 0.6) is 11.5 Å². The Morgan fingerprint density at radius 2 is 1.72 bits per heavy atom. The average Bonchev–Trinajstić information content (AvgIpc) is 2.70. The molecule has 0 amide bonds. The number of methoxy groups -OCH3 is 1. The van der Waals surface area contributed by atoms with Crippen LogP contribution in [0.3, 0.4) is 0 Å². The normalized spacial score (nSPS) is 12.4. The van der Waals surface area contributed by atoms with Gasteiger partial charge in [-0.2, -0.15) is 8.42 Å². The van der Waals surface area contributed by atoms with Gasteiger partial charge in [0.05, 0.1) is 12.0 Å². The van der Waals surface area contributed by atoms with Crippen LogP contribution in [0, 0.1) is 6.92 Å². The number of aromatic hydroxyl groups is 1. The molecule has 32 heavy (non-hydrogen) atoms. The molecule has 0 fully saturated rings. The molecule has 0 aromatic heterocycles. The quantitative estimate of drug-likeness (QED) is 0.354. The van der Waals surface area contributed by atoms with E-state index in [9.17, 15) is 26.5 Å². The van der Waals surface area contributed by atoms with E-state index >= 15 is 0 Å². The van der Waals surface area contributed by atoms with E-state index in [1.807, 2.05) is 0 Å². The van der Waals surface area contributed by atoms with E-state index in [0.29, 0.717) is 11.1 Å². The number of hydrogen-bond donors (Lipinski definition) is 3. The molecule has 0 bridgehead atoms. The van der Waals surface area contributed by atoms with Gasteiger partial charge in [0.2, 0.25) is 0 Å². The predicted molar refractivity (Wildman–Crippen MR) is 120 cm³/mol. The third-order valence-corrected chi connectivity index (χ3v) is 6.65. The van der Waals surface area contributed by atoms with Gasteiger partial charge in [0.25, 0.3) is 10.1 Å². The fourth-order valence-electron chi connectivity index (χ4n) is 3.21. The number of azo groups is 1. The zero-order valence-corrected chi connectivity index (χ0v) is 19.2. The molecule has 170 valence electrons. The van der Waals surface area contributed by atoms with Gasteiger partial charge in [-0.05, 0) is 48.2 Å². The zero-order valence-electron chi connectivity index (χ0n) is 17.6. The summed E-state index contributed by atoms with van der Waals surface area (Å²) >= 11 is 0. The molecule has 3 rings (SSSR count). The van der Waals surface area contributed by atoms with Crippen molar-refractivity contribution in [1.29, 1.82) is 0 Å². The van der Waals surface area contributed by atoms with Gasteiger partial charge in [-0.1, -0.05) is 6.07 Å². The summed E-state index contributed by atoms with van der Waals surface area (Å²) in [6.45, 7) is 1.79. The van der Waals surface area contributed by atoms with Crippen molar-refractivity contribution in [3.05, 3.63) is 42.0 Å². The van der Waals surface area contributed by atoms with E-state index in [4.69, 9.17) is 4.74 Å². The second kappa shape index (κ2) is 8.37. The second-order valence-corrected chi connectivity index (χ2v) is 10.4.